The molecular formula is C26H35N5OS. The largest absolute Gasteiger partial charge is 0.380 e. The molecule has 0 aliphatic carbocycles. The Balaban J connectivity index is 1.24. The summed E-state index contributed by atoms with van der Waals surface area (Å²) in [6, 6.07) is 10.6. The Hall–Kier alpha value is -2.22. The van der Waals surface area contributed by atoms with Crippen molar-refractivity contribution in [1.82, 2.24) is 14.9 Å². The molecule has 176 valence electrons. The van der Waals surface area contributed by atoms with Crippen LogP contribution in [-0.2, 0) is 4.74 Å². The quantitative estimate of drug-likeness (QED) is 0.447. The van der Waals surface area contributed by atoms with Crippen molar-refractivity contribution in [2.24, 2.45) is 5.92 Å². The molecule has 2 aliphatic heterocycles. The fraction of sp³-hybridized carbons (Fsp3) is 0.538. The van der Waals surface area contributed by atoms with Gasteiger partial charge in [0.2, 0.25) is 5.95 Å². The minimum absolute atomic E-state index is 0.642. The fourth-order valence-corrected chi connectivity index (χ4v) is 5.89. The van der Waals surface area contributed by atoms with Crippen LogP contribution < -0.4 is 9.80 Å². The van der Waals surface area contributed by atoms with Crippen LogP contribution >= 0.6 is 11.3 Å². The number of fused-ring (bicyclic) bond motifs is 1. The predicted molar refractivity (Wildman–Crippen MR) is 139 cm³/mol. The van der Waals surface area contributed by atoms with E-state index in [4.69, 9.17) is 14.7 Å². The average Bonchev–Trinajstić information content (AvgIpc) is 3.52. The molecule has 7 heteroatoms. The molecule has 0 saturated carbocycles. The number of ether oxygens (including phenoxy) is 1. The van der Waals surface area contributed by atoms with Gasteiger partial charge in [-0.1, -0.05) is 30.3 Å². The lowest BCUT2D eigenvalue weighted by Crippen LogP contribution is -2.36. The zero-order chi connectivity index (χ0) is 22.6. The Morgan fingerprint density at radius 1 is 1.03 bits per heavy atom. The third-order valence-electron chi connectivity index (χ3n) is 6.91. The maximum absolute atomic E-state index is 6.03. The second-order valence-electron chi connectivity index (χ2n) is 9.49. The van der Waals surface area contributed by atoms with Gasteiger partial charge in [-0.2, -0.15) is 4.98 Å². The minimum atomic E-state index is 0.642. The van der Waals surface area contributed by atoms with Gasteiger partial charge in [0.05, 0.1) is 12.0 Å². The first-order valence-electron chi connectivity index (χ1n) is 12.3. The third-order valence-corrected chi connectivity index (χ3v) is 7.78. The number of nitrogens with zero attached hydrogens (tertiary/aromatic N) is 5. The zero-order valence-corrected chi connectivity index (χ0v) is 20.7. The molecule has 0 N–H and O–H groups in total. The number of thiophene rings is 1. The smallest absolute Gasteiger partial charge is 0.228 e. The van der Waals surface area contributed by atoms with Gasteiger partial charge in [-0.15, -0.1) is 11.3 Å². The molecule has 33 heavy (non-hydrogen) atoms. The molecule has 0 unspecified atom stereocenters. The van der Waals surface area contributed by atoms with Gasteiger partial charge in [-0.3, -0.25) is 0 Å². The summed E-state index contributed by atoms with van der Waals surface area (Å²) < 4.78 is 6.03. The van der Waals surface area contributed by atoms with Gasteiger partial charge in [0.1, 0.15) is 10.6 Å². The first-order valence-corrected chi connectivity index (χ1v) is 13.1. The van der Waals surface area contributed by atoms with Crippen LogP contribution in [-0.4, -0.2) is 74.9 Å². The average molecular weight is 466 g/mol. The van der Waals surface area contributed by atoms with E-state index in [0.717, 1.165) is 67.7 Å². The molecule has 2 aliphatic rings. The van der Waals surface area contributed by atoms with Crippen molar-refractivity contribution in [2.45, 2.75) is 25.7 Å². The van der Waals surface area contributed by atoms with Crippen molar-refractivity contribution in [2.75, 3.05) is 69.8 Å². The lowest BCUT2D eigenvalue weighted by molar-refractivity contribution is 0.0752. The number of rotatable bonds is 8. The van der Waals surface area contributed by atoms with Crippen LogP contribution in [0.3, 0.4) is 0 Å². The van der Waals surface area contributed by atoms with Gasteiger partial charge in [-0.25, -0.2) is 4.98 Å². The Morgan fingerprint density at radius 2 is 1.79 bits per heavy atom. The van der Waals surface area contributed by atoms with Crippen LogP contribution in [0.1, 0.15) is 25.7 Å². The van der Waals surface area contributed by atoms with Crippen molar-refractivity contribution in [3.63, 3.8) is 0 Å². The summed E-state index contributed by atoms with van der Waals surface area (Å²) in [6.07, 6.45) is 4.98. The van der Waals surface area contributed by atoms with Gasteiger partial charge in [0.25, 0.3) is 0 Å². The summed E-state index contributed by atoms with van der Waals surface area (Å²) in [5.74, 6) is 2.51. The lowest BCUT2D eigenvalue weighted by Gasteiger charge is -2.32. The summed E-state index contributed by atoms with van der Waals surface area (Å²) in [7, 11) is 4.15. The second kappa shape index (κ2) is 10.4. The molecule has 2 saturated heterocycles. The molecular weight excluding hydrogens is 430 g/mol. The van der Waals surface area contributed by atoms with Crippen molar-refractivity contribution in [3.8, 4) is 11.1 Å². The van der Waals surface area contributed by atoms with E-state index in [9.17, 15) is 0 Å². The summed E-state index contributed by atoms with van der Waals surface area (Å²) in [5.41, 5.74) is 2.43. The molecule has 0 atom stereocenters. The van der Waals surface area contributed by atoms with Crippen LogP contribution in [0.4, 0.5) is 11.8 Å². The number of piperidine rings is 1. The number of benzene rings is 1. The standard InChI is InChI=1S/C26H35N5OS/c1-29(2)24-23-22(21-8-4-3-5-9-21)19-33-25(23)28-26(27-24)31-14-10-20(11-15-31)18-32-17-16-30-12-6-7-13-30/h3-5,8-9,19-20H,6-7,10-18H2,1-2H3. The predicted octanol–water partition coefficient (Wildman–Crippen LogP) is 4.75. The molecule has 0 spiro atoms. The van der Waals surface area contributed by atoms with Gasteiger partial charge in [-0.05, 0) is 50.3 Å². The summed E-state index contributed by atoms with van der Waals surface area (Å²) >= 11 is 1.71. The molecule has 3 aromatic rings. The van der Waals surface area contributed by atoms with E-state index in [1.165, 1.54) is 37.1 Å². The van der Waals surface area contributed by atoms with Gasteiger partial charge >= 0.3 is 0 Å². The molecule has 5 rings (SSSR count). The monoisotopic (exact) mass is 465 g/mol. The summed E-state index contributed by atoms with van der Waals surface area (Å²) in [6.45, 7) is 7.33. The van der Waals surface area contributed by atoms with Crippen molar-refractivity contribution < 1.29 is 4.74 Å². The number of anilines is 2. The van der Waals surface area contributed by atoms with E-state index in [0.29, 0.717) is 5.92 Å². The first-order chi connectivity index (χ1) is 16.2. The number of hydrogen-bond acceptors (Lipinski definition) is 7. The number of likely N-dealkylation sites (tertiary alicyclic amines) is 1. The van der Waals surface area contributed by atoms with Crippen LogP contribution in [0.2, 0.25) is 0 Å². The molecule has 6 nitrogen and oxygen atoms in total. The van der Waals surface area contributed by atoms with E-state index in [1.54, 1.807) is 11.3 Å². The van der Waals surface area contributed by atoms with E-state index >= 15 is 0 Å². The van der Waals surface area contributed by atoms with E-state index in [2.05, 4.69) is 64.5 Å². The SMILES string of the molecule is CN(C)c1nc(N2CCC(COCCN3CCCC3)CC2)nc2scc(-c3ccccc3)c12. The number of hydrogen-bond donors (Lipinski definition) is 0. The summed E-state index contributed by atoms with van der Waals surface area (Å²) in [4.78, 5) is 18.1. The topological polar surface area (TPSA) is 44.7 Å². The summed E-state index contributed by atoms with van der Waals surface area (Å²) in [5, 5.41) is 3.37. The molecule has 4 heterocycles. The van der Waals surface area contributed by atoms with Crippen molar-refractivity contribution >= 4 is 33.3 Å². The maximum atomic E-state index is 6.03. The zero-order valence-electron chi connectivity index (χ0n) is 19.9. The van der Waals surface area contributed by atoms with Gasteiger partial charge in [0.15, 0.2) is 0 Å². The Morgan fingerprint density at radius 3 is 2.52 bits per heavy atom. The normalized spacial score (nSPS) is 17.8. The van der Waals surface area contributed by atoms with Gasteiger partial charge in [0, 0.05) is 51.3 Å². The molecule has 1 aromatic carbocycles. The fourth-order valence-electron chi connectivity index (χ4n) is 4.96. The molecule has 2 fully saturated rings. The van der Waals surface area contributed by atoms with Crippen LogP contribution in [0.15, 0.2) is 35.7 Å². The first kappa shape index (κ1) is 22.6. The highest BCUT2D eigenvalue weighted by atomic mass is 32.1. The van der Waals surface area contributed by atoms with E-state index in [-0.39, 0.29) is 0 Å². The Bertz CT molecular complexity index is 1040. The highest BCUT2D eigenvalue weighted by Gasteiger charge is 2.24. The molecule has 0 bridgehead atoms. The van der Waals surface area contributed by atoms with Crippen molar-refractivity contribution in [1.29, 1.82) is 0 Å². The third kappa shape index (κ3) is 5.15. The molecule has 0 amide bonds. The van der Waals surface area contributed by atoms with Crippen molar-refractivity contribution in [3.05, 3.63) is 35.7 Å². The molecule has 2 aromatic heterocycles. The second-order valence-corrected chi connectivity index (χ2v) is 10.3. The van der Waals surface area contributed by atoms with Crippen LogP contribution in [0.25, 0.3) is 21.3 Å². The molecule has 0 radical (unpaired) electrons. The highest BCUT2D eigenvalue weighted by Crippen LogP contribution is 2.39. The lowest BCUT2D eigenvalue weighted by atomic mass is 9.98. The van der Waals surface area contributed by atoms with E-state index in [1.807, 2.05) is 0 Å². The van der Waals surface area contributed by atoms with E-state index < -0.39 is 0 Å². The van der Waals surface area contributed by atoms with Gasteiger partial charge < -0.3 is 19.4 Å². The van der Waals surface area contributed by atoms with Crippen LogP contribution in [0.5, 0.6) is 0 Å². The minimum Gasteiger partial charge on any atom is -0.380 e. The highest BCUT2D eigenvalue weighted by molar-refractivity contribution is 7.17. The number of aromatic nitrogens is 2. The van der Waals surface area contributed by atoms with Crippen LogP contribution in [0, 0.1) is 5.92 Å². The Labute approximate surface area is 201 Å². The Kier molecular flexibility index (Phi) is 7.09. The maximum Gasteiger partial charge on any atom is 0.228 e.